The smallest absolute Gasteiger partial charge is 0.263 e. The maximum Gasteiger partial charge on any atom is 0.263 e. The van der Waals surface area contributed by atoms with Crippen LogP contribution in [0.5, 0.6) is 0 Å². The lowest BCUT2D eigenvalue weighted by atomic mass is 9.89. The quantitative estimate of drug-likeness (QED) is 0.380. The van der Waals surface area contributed by atoms with Gasteiger partial charge in [0.25, 0.3) is 5.56 Å². The Morgan fingerprint density at radius 1 is 1.52 bits per heavy atom. The van der Waals surface area contributed by atoms with Crippen molar-refractivity contribution in [3.05, 3.63) is 33.4 Å². The number of fused-ring (bicyclic) bond motifs is 3. The first-order valence-corrected chi connectivity index (χ1v) is 12.4. The monoisotopic (exact) mass is 458 g/mol. The number of aryl methyl sites for hydroxylation is 1. The Hall–Kier alpha value is -2.11. The molecule has 0 saturated carbocycles. The van der Waals surface area contributed by atoms with Gasteiger partial charge in [-0.3, -0.25) is 14.2 Å². The molecule has 0 spiro atoms. The molecule has 0 aliphatic heterocycles. The SMILES string of the molecule is C=CCn1c(SC(C)C(=O)NC(C)(C#N)C(C)C)nc2sc3c(c2c1=O)CCC(C)C3. The van der Waals surface area contributed by atoms with Crippen LogP contribution in [0.3, 0.4) is 0 Å². The van der Waals surface area contributed by atoms with Crippen molar-refractivity contribution in [3.8, 4) is 6.07 Å². The number of amides is 1. The van der Waals surface area contributed by atoms with Crippen LogP contribution in [-0.2, 0) is 24.2 Å². The highest BCUT2D eigenvalue weighted by Crippen LogP contribution is 2.37. The summed E-state index contributed by atoms with van der Waals surface area (Å²) in [5.41, 5.74) is 0.140. The van der Waals surface area contributed by atoms with E-state index in [9.17, 15) is 14.9 Å². The van der Waals surface area contributed by atoms with Crippen LogP contribution in [0.15, 0.2) is 22.6 Å². The summed E-state index contributed by atoms with van der Waals surface area (Å²) in [6.07, 6.45) is 4.66. The van der Waals surface area contributed by atoms with Crippen LogP contribution in [-0.4, -0.2) is 26.2 Å². The van der Waals surface area contributed by atoms with Crippen molar-refractivity contribution in [2.75, 3.05) is 0 Å². The first-order chi connectivity index (χ1) is 14.6. The van der Waals surface area contributed by atoms with E-state index in [0.717, 1.165) is 35.0 Å². The Morgan fingerprint density at radius 3 is 2.84 bits per heavy atom. The van der Waals surface area contributed by atoms with Gasteiger partial charge in [-0.2, -0.15) is 5.26 Å². The lowest BCUT2D eigenvalue weighted by Crippen LogP contribution is -2.51. The summed E-state index contributed by atoms with van der Waals surface area (Å²) < 4.78 is 1.61. The van der Waals surface area contributed by atoms with E-state index in [-0.39, 0.29) is 17.4 Å². The number of carbonyl (C=O) groups is 1. The molecule has 1 aliphatic rings. The molecule has 166 valence electrons. The molecule has 2 aromatic rings. The van der Waals surface area contributed by atoms with Crippen LogP contribution in [0.1, 0.15) is 51.5 Å². The lowest BCUT2D eigenvalue weighted by molar-refractivity contribution is -0.121. The standard InChI is InChI=1S/C23H30N4O2S2/c1-7-10-27-21(29)18-16-9-8-14(4)11-17(16)31-20(18)25-22(27)30-15(5)19(28)26-23(6,12-24)13(2)3/h7,13-15H,1,8-11H2,2-6H3,(H,26,28). The molecule has 3 rings (SSSR count). The second-order valence-electron chi connectivity index (χ2n) is 8.85. The lowest BCUT2D eigenvalue weighted by Gasteiger charge is -2.28. The van der Waals surface area contributed by atoms with Gasteiger partial charge >= 0.3 is 0 Å². The summed E-state index contributed by atoms with van der Waals surface area (Å²) in [5, 5.41) is 13.1. The second-order valence-corrected chi connectivity index (χ2v) is 11.2. The maximum absolute atomic E-state index is 13.4. The number of thioether (sulfide) groups is 1. The van der Waals surface area contributed by atoms with E-state index in [1.54, 1.807) is 35.8 Å². The van der Waals surface area contributed by atoms with Crippen LogP contribution in [0.2, 0.25) is 0 Å². The van der Waals surface area contributed by atoms with E-state index in [0.29, 0.717) is 17.6 Å². The van der Waals surface area contributed by atoms with E-state index >= 15 is 0 Å². The van der Waals surface area contributed by atoms with Crippen LogP contribution in [0.25, 0.3) is 10.2 Å². The van der Waals surface area contributed by atoms with Gasteiger partial charge in [0, 0.05) is 11.4 Å². The molecule has 0 bridgehead atoms. The Balaban J connectivity index is 1.97. The van der Waals surface area contributed by atoms with Crippen LogP contribution in [0.4, 0.5) is 0 Å². The molecule has 6 nitrogen and oxygen atoms in total. The molecular weight excluding hydrogens is 428 g/mol. The minimum absolute atomic E-state index is 0.0353. The fraction of sp³-hybridized carbons (Fsp3) is 0.565. The normalized spacial score (nSPS) is 18.8. The molecule has 0 saturated heterocycles. The summed E-state index contributed by atoms with van der Waals surface area (Å²) in [7, 11) is 0. The molecule has 0 radical (unpaired) electrons. The Bertz CT molecular complexity index is 1110. The first kappa shape index (κ1) is 23.6. The maximum atomic E-state index is 13.4. The summed E-state index contributed by atoms with van der Waals surface area (Å²) in [6.45, 7) is 13.7. The zero-order valence-electron chi connectivity index (χ0n) is 18.8. The molecule has 0 fully saturated rings. The van der Waals surface area contributed by atoms with Crippen molar-refractivity contribution in [2.24, 2.45) is 11.8 Å². The molecule has 1 aliphatic carbocycles. The highest BCUT2D eigenvalue weighted by atomic mass is 32.2. The average Bonchev–Trinajstić information content (AvgIpc) is 3.07. The fourth-order valence-electron chi connectivity index (χ4n) is 3.66. The van der Waals surface area contributed by atoms with Gasteiger partial charge in [-0.15, -0.1) is 17.9 Å². The fourth-order valence-corrected chi connectivity index (χ4v) is 6.00. The van der Waals surface area contributed by atoms with E-state index in [1.165, 1.54) is 16.6 Å². The number of nitrogens with one attached hydrogen (secondary N) is 1. The van der Waals surface area contributed by atoms with E-state index in [2.05, 4.69) is 24.9 Å². The van der Waals surface area contributed by atoms with Crippen LogP contribution in [0, 0.1) is 23.2 Å². The number of rotatable bonds is 7. The van der Waals surface area contributed by atoms with Gasteiger partial charge < -0.3 is 5.32 Å². The molecule has 2 aromatic heterocycles. The van der Waals surface area contributed by atoms with Crippen molar-refractivity contribution >= 4 is 39.2 Å². The summed E-state index contributed by atoms with van der Waals surface area (Å²) in [5.74, 6) is 0.331. The highest BCUT2D eigenvalue weighted by Gasteiger charge is 2.32. The molecule has 31 heavy (non-hydrogen) atoms. The molecule has 3 unspecified atom stereocenters. The van der Waals surface area contributed by atoms with Crippen molar-refractivity contribution in [1.29, 1.82) is 5.26 Å². The van der Waals surface area contributed by atoms with Crippen molar-refractivity contribution < 1.29 is 4.79 Å². The predicted molar refractivity (Wildman–Crippen MR) is 128 cm³/mol. The van der Waals surface area contributed by atoms with E-state index in [1.807, 2.05) is 13.8 Å². The van der Waals surface area contributed by atoms with Crippen molar-refractivity contribution in [3.63, 3.8) is 0 Å². The van der Waals surface area contributed by atoms with Crippen molar-refractivity contribution in [1.82, 2.24) is 14.9 Å². The molecule has 0 aromatic carbocycles. The molecule has 3 atom stereocenters. The third kappa shape index (κ3) is 4.58. The number of carbonyl (C=O) groups excluding carboxylic acids is 1. The largest absolute Gasteiger partial charge is 0.337 e. The molecule has 8 heteroatoms. The highest BCUT2D eigenvalue weighted by molar-refractivity contribution is 8.00. The third-order valence-electron chi connectivity index (χ3n) is 6.11. The number of nitriles is 1. The summed E-state index contributed by atoms with van der Waals surface area (Å²) >= 11 is 2.85. The van der Waals surface area contributed by atoms with Gasteiger partial charge in [-0.25, -0.2) is 4.98 Å². The molecule has 2 heterocycles. The summed E-state index contributed by atoms with van der Waals surface area (Å²) in [4.78, 5) is 33.0. The van der Waals surface area contributed by atoms with Gasteiger partial charge in [-0.1, -0.05) is 38.6 Å². The summed E-state index contributed by atoms with van der Waals surface area (Å²) in [6, 6.07) is 2.20. The number of thiophene rings is 1. The van der Waals surface area contributed by atoms with E-state index in [4.69, 9.17) is 4.98 Å². The zero-order valence-corrected chi connectivity index (χ0v) is 20.5. The van der Waals surface area contributed by atoms with Gasteiger partial charge in [0.2, 0.25) is 5.91 Å². The van der Waals surface area contributed by atoms with Crippen LogP contribution < -0.4 is 10.9 Å². The van der Waals surface area contributed by atoms with E-state index < -0.39 is 10.8 Å². The van der Waals surface area contributed by atoms with Gasteiger partial charge in [-0.05, 0) is 50.5 Å². The number of hydrogen-bond donors (Lipinski definition) is 1. The van der Waals surface area contributed by atoms with Crippen molar-refractivity contribution in [2.45, 2.75) is 76.4 Å². The third-order valence-corrected chi connectivity index (χ3v) is 8.35. The molecule has 1 N–H and O–H groups in total. The average molecular weight is 459 g/mol. The van der Waals surface area contributed by atoms with Gasteiger partial charge in [0.1, 0.15) is 10.4 Å². The molecule has 1 amide bonds. The first-order valence-electron chi connectivity index (χ1n) is 10.7. The topological polar surface area (TPSA) is 87.8 Å². The predicted octanol–water partition coefficient (Wildman–Crippen LogP) is 4.30. The Morgan fingerprint density at radius 2 is 2.23 bits per heavy atom. The number of aromatic nitrogens is 2. The Kier molecular flexibility index (Phi) is 6.97. The Labute approximate surface area is 191 Å². The second kappa shape index (κ2) is 9.17. The number of hydrogen-bond acceptors (Lipinski definition) is 6. The zero-order chi connectivity index (χ0) is 22.9. The minimum atomic E-state index is -0.951. The molecular formula is C23H30N4O2S2. The van der Waals surface area contributed by atoms with Gasteiger partial charge in [0.15, 0.2) is 5.16 Å². The minimum Gasteiger partial charge on any atom is -0.337 e. The number of nitrogens with zero attached hydrogens (tertiary/aromatic N) is 3. The number of allylic oxidation sites excluding steroid dienone is 1. The van der Waals surface area contributed by atoms with Gasteiger partial charge in [0.05, 0.1) is 16.7 Å². The van der Waals surface area contributed by atoms with Crippen LogP contribution >= 0.6 is 23.1 Å².